The van der Waals surface area contributed by atoms with Gasteiger partial charge in [-0.25, -0.2) is 4.98 Å². The molecule has 144 valence electrons. The minimum Gasteiger partial charge on any atom is -0.377 e. The van der Waals surface area contributed by atoms with Gasteiger partial charge in [-0.05, 0) is 18.2 Å². The molecule has 4 aromatic rings. The van der Waals surface area contributed by atoms with Gasteiger partial charge in [0.1, 0.15) is 5.01 Å². The van der Waals surface area contributed by atoms with Crippen molar-refractivity contribution in [3.63, 3.8) is 0 Å². The molecular weight excluding hydrogens is 398 g/mol. The number of rotatable bonds is 7. The molecule has 0 atom stereocenters. The number of thioether (sulfide) groups is 1. The second kappa shape index (κ2) is 8.13. The van der Waals surface area contributed by atoms with Crippen molar-refractivity contribution in [2.45, 2.75) is 12.4 Å². The normalized spacial score (nSPS) is 11.3. The van der Waals surface area contributed by atoms with Crippen LogP contribution in [0.25, 0.3) is 15.9 Å². The van der Waals surface area contributed by atoms with Gasteiger partial charge < -0.3 is 15.0 Å². The number of nitrogens with one attached hydrogen (secondary N) is 2. The van der Waals surface area contributed by atoms with E-state index in [1.807, 2.05) is 30.5 Å². The van der Waals surface area contributed by atoms with E-state index in [1.165, 1.54) is 33.7 Å². The van der Waals surface area contributed by atoms with Crippen LogP contribution in [0.1, 0.15) is 10.7 Å². The highest BCUT2D eigenvalue weighted by atomic mass is 32.2. The molecule has 0 spiro atoms. The molecule has 4 rings (SSSR count). The predicted octanol–water partition coefficient (Wildman–Crippen LogP) is 2.65. The number of H-pyrrole nitrogens is 1. The number of carbonyl (C=O) groups excluding carboxylic acids is 1. The Morgan fingerprint density at radius 2 is 2.29 bits per heavy atom. The number of anilines is 1. The van der Waals surface area contributed by atoms with Crippen molar-refractivity contribution in [2.24, 2.45) is 0 Å². The van der Waals surface area contributed by atoms with Gasteiger partial charge >= 0.3 is 0 Å². The van der Waals surface area contributed by atoms with E-state index in [4.69, 9.17) is 4.74 Å². The lowest BCUT2D eigenvalue weighted by molar-refractivity contribution is -0.113. The second-order valence-electron chi connectivity index (χ2n) is 5.99. The first-order chi connectivity index (χ1) is 13.6. The van der Waals surface area contributed by atoms with Crippen LogP contribution in [0.2, 0.25) is 0 Å². The van der Waals surface area contributed by atoms with Crippen LogP contribution in [0, 0.1) is 0 Å². The molecule has 0 aliphatic rings. The van der Waals surface area contributed by atoms with Gasteiger partial charge in [0.2, 0.25) is 10.9 Å². The minimum absolute atomic E-state index is 0.100. The summed E-state index contributed by atoms with van der Waals surface area (Å²) in [6.07, 6.45) is 1.84. The summed E-state index contributed by atoms with van der Waals surface area (Å²) in [5.41, 5.74) is 2.14. The number of aromatic nitrogens is 4. The van der Waals surface area contributed by atoms with Crippen molar-refractivity contribution in [3.05, 3.63) is 57.6 Å². The second-order valence-corrected chi connectivity index (χ2v) is 8.02. The zero-order valence-corrected chi connectivity index (χ0v) is 16.6. The Bertz CT molecular complexity index is 1200. The van der Waals surface area contributed by atoms with Crippen LogP contribution in [-0.2, 0) is 21.9 Å². The molecule has 0 saturated heterocycles. The summed E-state index contributed by atoms with van der Waals surface area (Å²) in [5.74, 6) is 0.626. The lowest BCUT2D eigenvalue weighted by atomic mass is 10.2. The van der Waals surface area contributed by atoms with E-state index in [0.717, 1.165) is 16.6 Å². The molecule has 28 heavy (non-hydrogen) atoms. The van der Waals surface area contributed by atoms with Gasteiger partial charge in [0.25, 0.3) is 5.56 Å². The van der Waals surface area contributed by atoms with Crippen LogP contribution in [0.3, 0.4) is 0 Å². The van der Waals surface area contributed by atoms with Crippen LogP contribution in [-0.4, -0.2) is 38.4 Å². The standard InChI is InChI=1S/C18H17N5O3S2/c1-26-8-16-22-23-17(25)7-11(20-18(23)28-16)9-27-10-15(24)21-14-4-2-3-13-12(14)5-6-19-13/h2-7,19H,8-10H2,1H3,(H,21,24). The molecule has 0 unspecified atom stereocenters. The quantitative estimate of drug-likeness (QED) is 0.481. The van der Waals surface area contributed by atoms with Gasteiger partial charge in [0.15, 0.2) is 0 Å². The molecule has 0 saturated carbocycles. The molecule has 2 N–H and O–H groups in total. The highest BCUT2D eigenvalue weighted by Crippen LogP contribution is 2.22. The Kier molecular flexibility index (Phi) is 5.42. The van der Waals surface area contributed by atoms with E-state index in [0.29, 0.717) is 28.0 Å². The summed E-state index contributed by atoms with van der Waals surface area (Å²) < 4.78 is 6.32. The van der Waals surface area contributed by atoms with Crippen molar-refractivity contribution in [1.29, 1.82) is 0 Å². The molecule has 0 bridgehead atoms. The number of ether oxygens (including phenoxy) is 1. The van der Waals surface area contributed by atoms with Crippen molar-refractivity contribution >= 4 is 50.6 Å². The molecule has 0 aliphatic heterocycles. The lowest BCUT2D eigenvalue weighted by Crippen LogP contribution is -2.16. The average molecular weight is 416 g/mol. The van der Waals surface area contributed by atoms with Gasteiger partial charge in [-0.3, -0.25) is 9.59 Å². The molecule has 8 nitrogen and oxygen atoms in total. The van der Waals surface area contributed by atoms with Gasteiger partial charge in [-0.15, -0.1) is 11.8 Å². The number of carbonyl (C=O) groups is 1. The maximum Gasteiger partial charge on any atom is 0.275 e. The fraction of sp³-hybridized carbons (Fsp3) is 0.222. The summed E-state index contributed by atoms with van der Waals surface area (Å²) >= 11 is 2.72. The first kappa shape index (κ1) is 18.7. The SMILES string of the molecule is COCc1nn2c(=O)cc(CSCC(=O)Nc3cccc4[nH]ccc34)nc2s1. The van der Waals surface area contributed by atoms with E-state index < -0.39 is 0 Å². The molecule has 10 heteroatoms. The van der Waals surface area contributed by atoms with Crippen LogP contribution >= 0.6 is 23.1 Å². The van der Waals surface area contributed by atoms with Crippen LogP contribution in [0.4, 0.5) is 5.69 Å². The molecule has 0 aliphatic carbocycles. The summed E-state index contributed by atoms with van der Waals surface area (Å²) in [4.78, 5) is 32.6. The van der Waals surface area contributed by atoms with Gasteiger partial charge in [0.05, 0.1) is 23.7 Å². The molecular formula is C18H17N5O3S2. The van der Waals surface area contributed by atoms with Gasteiger partial charge in [-0.2, -0.15) is 9.61 Å². The largest absolute Gasteiger partial charge is 0.377 e. The fourth-order valence-electron chi connectivity index (χ4n) is 2.78. The first-order valence-corrected chi connectivity index (χ1v) is 10.4. The number of amides is 1. The van der Waals surface area contributed by atoms with Gasteiger partial charge in [0, 0.05) is 36.0 Å². The minimum atomic E-state index is -0.234. The van der Waals surface area contributed by atoms with Crippen LogP contribution < -0.4 is 10.9 Å². The number of hydrogen-bond acceptors (Lipinski definition) is 7. The van der Waals surface area contributed by atoms with Crippen LogP contribution in [0.15, 0.2) is 41.3 Å². The average Bonchev–Trinajstić information content (AvgIpc) is 3.29. The zero-order valence-electron chi connectivity index (χ0n) is 15.0. The monoisotopic (exact) mass is 415 g/mol. The smallest absolute Gasteiger partial charge is 0.275 e. The number of benzene rings is 1. The van der Waals surface area contributed by atoms with Crippen molar-refractivity contribution < 1.29 is 9.53 Å². The molecule has 0 radical (unpaired) electrons. The third-order valence-corrected chi connectivity index (χ3v) is 5.81. The Balaban J connectivity index is 1.38. The summed E-state index contributed by atoms with van der Waals surface area (Å²) in [5, 5.41) is 8.77. The van der Waals surface area contributed by atoms with Crippen LogP contribution in [0.5, 0.6) is 0 Å². The van der Waals surface area contributed by atoms with E-state index in [1.54, 1.807) is 7.11 Å². The lowest BCUT2D eigenvalue weighted by Gasteiger charge is -2.06. The van der Waals surface area contributed by atoms with E-state index in [2.05, 4.69) is 20.4 Å². The third kappa shape index (κ3) is 3.93. The summed E-state index contributed by atoms with van der Waals surface area (Å²) in [6, 6.07) is 9.10. The molecule has 3 aromatic heterocycles. The van der Waals surface area contributed by atoms with Crippen molar-refractivity contribution in [1.82, 2.24) is 19.6 Å². The number of fused-ring (bicyclic) bond motifs is 2. The molecule has 0 fully saturated rings. The summed E-state index contributed by atoms with van der Waals surface area (Å²) in [7, 11) is 1.58. The van der Waals surface area contributed by atoms with Crippen molar-refractivity contribution in [2.75, 3.05) is 18.2 Å². The first-order valence-electron chi connectivity index (χ1n) is 8.45. The Morgan fingerprint density at radius 1 is 1.39 bits per heavy atom. The van der Waals surface area contributed by atoms with E-state index >= 15 is 0 Å². The van der Waals surface area contributed by atoms with Gasteiger partial charge in [-0.1, -0.05) is 17.4 Å². The Hall–Kier alpha value is -2.69. The Labute approximate surface area is 167 Å². The molecule has 3 heterocycles. The van der Waals surface area contributed by atoms with E-state index in [-0.39, 0.29) is 17.2 Å². The third-order valence-electron chi connectivity index (χ3n) is 3.96. The number of aromatic amines is 1. The molecule has 1 amide bonds. The predicted molar refractivity (Wildman–Crippen MR) is 111 cm³/mol. The highest BCUT2D eigenvalue weighted by Gasteiger charge is 2.11. The molecule has 1 aromatic carbocycles. The number of nitrogens with zero attached hydrogens (tertiary/aromatic N) is 3. The fourth-order valence-corrected chi connectivity index (χ4v) is 4.39. The Morgan fingerprint density at radius 3 is 3.14 bits per heavy atom. The topological polar surface area (TPSA) is 101 Å². The zero-order chi connectivity index (χ0) is 19.5. The maximum absolute atomic E-state index is 12.3. The van der Waals surface area contributed by atoms with Crippen molar-refractivity contribution in [3.8, 4) is 0 Å². The summed E-state index contributed by atoms with van der Waals surface area (Å²) in [6.45, 7) is 0.339. The van der Waals surface area contributed by atoms with E-state index in [9.17, 15) is 9.59 Å². The maximum atomic E-state index is 12.3. The number of methoxy groups -OCH3 is 1. The number of hydrogen-bond donors (Lipinski definition) is 2. The highest BCUT2D eigenvalue weighted by molar-refractivity contribution is 7.99.